The number of aryl methyl sites for hydroxylation is 1. The van der Waals surface area contributed by atoms with Crippen LogP contribution in [0.3, 0.4) is 0 Å². The van der Waals surface area contributed by atoms with Crippen molar-refractivity contribution in [3.63, 3.8) is 0 Å². The summed E-state index contributed by atoms with van der Waals surface area (Å²) < 4.78 is 4.64. The molecule has 0 radical (unpaired) electrons. The Labute approximate surface area is 115 Å². The van der Waals surface area contributed by atoms with Gasteiger partial charge < -0.3 is 15.4 Å². The fourth-order valence-corrected chi connectivity index (χ4v) is 2.44. The molecule has 1 saturated carbocycles. The molecule has 7 heteroatoms. The highest BCUT2D eigenvalue weighted by molar-refractivity contribution is 7.15. The molecule has 1 unspecified atom stereocenters. The first-order valence-electron chi connectivity index (χ1n) is 6.14. The third-order valence-corrected chi connectivity index (χ3v) is 3.73. The molecule has 1 aliphatic rings. The molecule has 1 aromatic rings. The number of hydrogen-bond donors (Lipinski definition) is 2. The zero-order valence-electron chi connectivity index (χ0n) is 11.1. The average Bonchev–Trinajstić information content (AvgIpc) is 3.11. The summed E-state index contributed by atoms with van der Waals surface area (Å²) in [6, 6.07) is -0.0444. The molecule has 19 heavy (non-hydrogen) atoms. The maximum absolute atomic E-state index is 11.8. The van der Waals surface area contributed by atoms with E-state index in [1.54, 1.807) is 13.8 Å². The fourth-order valence-electron chi connectivity index (χ4n) is 1.55. The number of hydrogen-bond acceptors (Lipinski definition) is 6. The minimum absolute atomic E-state index is 0.0463. The van der Waals surface area contributed by atoms with Crippen molar-refractivity contribution in [2.24, 2.45) is 0 Å². The number of carbonyl (C=O) groups excluding carboxylic acids is 2. The fraction of sp³-hybridized carbons (Fsp3) is 0.583. The van der Waals surface area contributed by atoms with Crippen LogP contribution in [-0.4, -0.2) is 36.1 Å². The Balaban J connectivity index is 1.98. The Morgan fingerprint density at radius 1 is 1.47 bits per heavy atom. The molecule has 0 aliphatic heterocycles. The van der Waals surface area contributed by atoms with Gasteiger partial charge in [-0.3, -0.25) is 4.79 Å². The molecule has 0 bridgehead atoms. The van der Waals surface area contributed by atoms with Crippen LogP contribution in [0.1, 0.15) is 35.1 Å². The zero-order chi connectivity index (χ0) is 14.0. The quantitative estimate of drug-likeness (QED) is 0.797. The smallest absolute Gasteiger partial charge is 0.357 e. The number of thiazole rings is 1. The van der Waals surface area contributed by atoms with Gasteiger partial charge in [-0.1, -0.05) is 0 Å². The van der Waals surface area contributed by atoms with E-state index in [1.165, 1.54) is 18.4 Å². The normalized spacial score (nSPS) is 15.7. The lowest BCUT2D eigenvalue weighted by Crippen LogP contribution is -2.38. The summed E-state index contributed by atoms with van der Waals surface area (Å²) in [4.78, 5) is 28.1. The standard InChI is InChI=1S/C12H17N3O3S/c1-6(10(16)14-8-4-5-8)13-12-15-9(7(2)19-12)11(17)18-3/h6,8H,4-5H2,1-3H3,(H,13,15)(H,14,16). The number of rotatable bonds is 5. The van der Waals surface area contributed by atoms with Gasteiger partial charge in [-0.05, 0) is 26.7 Å². The average molecular weight is 283 g/mol. The van der Waals surface area contributed by atoms with Crippen molar-refractivity contribution in [2.45, 2.75) is 38.8 Å². The Bertz CT molecular complexity index is 496. The van der Waals surface area contributed by atoms with Gasteiger partial charge in [0.2, 0.25) is 5.91 Å². The first-order chi connectivity index (χ1) is 9.01. The van der Waals surface area contributed by atoms with Crippen molar-refractivity contribution < 1.29 is 14.3 Å². The predicted molar refractivity (Wildman–Crippen MR) is 72.4 cm³/mol. The molecule has 0 aromatic carbocycles. The number of nitrogens with one attached hydrogen (secondary N) is 2. The number of carbonyl (C=O) groups is 2. The number of amides is 1. The molecule has 1 atom stereocenters. The van der Waals surface area contributed by atoms with E-state index in [4.69, 9.17) is 0 Å². The van der Waals surface area contributed by atoms with Crippen molar-refractivity contribution in [1.82, 2.24) is 10.3 Å². The summed E-state index contributed by atoms with van der Waals surface area (Å²) in [5.41, 5.74) is 0.296. The van der Waals surface area contributed by atoms with Crippen LogP contribution in [0.5, 0.6) is 0 Å². The van der Waals surface area contributed by atoms with E-state index >= 15 is 0 Å². The van der Waals surface area contributed by atoms with Gasteiger partial charge in [0.05, 0.1) is 7.11 Å². The van der Waals surface area contributed by atoms with Crippen LogP contribution < -0.4 is 10.6 Å². The zero-order valence-corrected chi connectivity index (χ0v) is 12.0. The molecule has 0 spiro atoms. The number of nitrogens with zero attached hydrogens (tertiary/aromatic N) is 1. The van der Waals surface area contributed by atoms with E-state index in [0.29, 0.717) is 16.9 Å². The highest BCUT2D eigenvalue weighted by atomic mass is 32.1. The summed E-state index contributed by atoms with van der Waals surface area (Å²) in [6.07, 6.45) is 2.11. The number of anilines is 1. The first-order valence-corrected chi connectivity index (χ1v) is 6.95. The summed E-state index contributed by atoms with van der Waals surface area (Å²) in [5.74, 6) is -0.508. The minimum atomic E-state index is -0.461. The maximum atomic E-state index is 11.8. The highest BCUT2D eigenvalue weighted by Gasteiger charge is 2.26. The minimum Gasteiger partial charge on any atom is -0.464 e. The molecule has 0 saturated heterocycles. The Kier molecular flexibility index (Phi) is 4.04. The molecule has 1 aliphatic carbocycles. The lowest BCUT2D eigenvalue weighted by Gasteiger charge is -2.12. The van der Waals surface area contributed by atoms with Crippen LogP contribution in [0.2, 0.25) is 0 Å². The maximum Gasteiger partial charge on any atom is 0.357 e. The van der Waals surface area contributed by atoms with Crippen LogP contribution in [-0.2, 0) is 9.53 Å². The van der Waals surface area contributed by atoms with Gasteiger partial charge in [-0.2, -0.15) is 0 Å². The summed E-state index contributed by atoms with van der Waals surface area (Å²) in [7, 11) is 1.32. The van der Waals surface area contributed by atoms with Gasteiger partial charge in [-0.15, -0.1) is 11.3 Å². The number of methoxy groups -OCH3 is 1. The summed E-state index contributed by atoms with van der Waals surface area (Å²) in [6.45, 7) is 3.57. The van der Waals surface area contributed by atoms with E-state index in [1.807, 2.05) is 0 Å². The molecule has 2 N–H and O–H groups in total. The van der Waals surface area contributed by atoms with E-state index in [0.717, 1.165) is 17.7 Å². The predicted octanol–water partition coefficient (Wildman–Crippen LogP) is 1.32. The molecule has 1 heterocycles. The van der Waals surface area contributed by atoms with Crippen molar-refractivity contribution in [2.75, 3.05) is 12.4 Å². The lowest BCUT2D eigenvalue weighted by molar-refractivity contribution is -0.121. The second-order valence-corrected chi connectivity index (χ2v) is 5.77. The van der Waals surface area contributed by atoms with Crippen LogP contribution in [0.25, 0.3) is 0 Å². The van der Waals surface area contributed by atoms with Crippen LogP contribution in [0, 0.1) is 6.92 Å². The van der Waals surface area contributed by atoms with Gasteiger partial charge in [0.15, 0.2) is 10.8 Å². The molecular formula is C12H17N3O3S. The SMILES string of the molecule is COC(=O)c1nc(NC(C)C(=O)NC2CC2)sc1C. The number of esters is 1. The third kappa shape index (κ3) is 3.44. The van der Waals surface area contributed by atoms with Gasteiger partial charge in [0.25, 0.3) is 0 Å². The monoisotopic (exact) mass is 283 g/mol. The van der Waals surface area contributed by atoms with Gasteiger partial charge in [0.1, 0.15) is 6.04 Å². The summed E-state index contributed by atoms with van der Waals surface area (Å²) >= 11 is 1.34. The van der Waals surface area contributed by atoms with Gasteiger partial charge in [-0.25, -0.2) is 9.78 Å². The van der Waals surface area contributed by atoms with Crippen molar-refractivity contribution in [3.8, 4) is 0 Å². The summed E-state index contributed by atoms with van der Waals surface area (Å²) in [5, 5.41) is 6.47. The van der Waals surface area contributed by atoms with Crippen molar-refractivity contribution in [1.29, 1.82) is 0 Å². The molecule has 2 rings (SSSR count). The van der Waals surface area contributed by atoms with Crippen LogP contribution in [0.4, 0.5) is 5.13 Å². The second-order valence-electron chi connectivity index (χ2n) is 4.56. The van der Waals surface area contributed by atoms with E-state index in [2.05, 4.69) is 20.4 Å². The molecule has 1 amide bonds. The number of aromatic nitrogens is 1. The number of ether oxygens (including phenoxy) is 1. The topological polar surface area (TPSA) is 80.3 Å². The molecule has 1 aromatic heterocycles. The van der Waals surface area contributed by atoms with Gasteiger partial charge in [0, 0.05) is 10.9 Å². The molecule has 1 fully saturated rings. The Morgan fingerprint density at radius 2 is 2.16 bits per heavy atom. The molecule has 104 valence electrons. The third-order valence-electron chi connectivity index (χ3n) is 2.83. The van der Waals surface area contributed by atoms with Crippen molar-refractivity contribution >= 4 is 28.3 Å². The Morgan fingerprint density at radius 3 is 2.74 bits per heavy atom. The lowest BCUT2D eigenvalue weighted by atomic mass is 10.3. The first kappa shape index (κ1) is 13.8. The second kappa shape index (κ2) is 5.56. The molecule has 6 nitrogen and oxygen atoms in total. The highest BCUT2D eigenvalue weighted by Crippen LogP contribution is 2.23. The van der Waals surface area contributed by atoms with Crippen molar-refractivity contribution in [3.05, 3.63) is 10.6 Å². The van der Waals surface area contributed by atoms with Crippen LogP contribution in [0.15, 0.2) is 0 Å². The molecular weight excluding hydrogens is 266 g/mol. The Hall–Kier alpha value is -1.63. The van der Waals surface area contributed by atoms with E-state index in [-0.39, 0.29) is 11.9 Å². The van der Waals surface area contributed by atoms with Crippen LogP contribution >= 0.6 is 11.3 Å². The van der Waals surface area contributed by atoms with E-state index < -0.39 is 5.97 Å². The van der Waals surface area contributed by atoms with Gasteiger partial charge >= 0.3 is 5.97 Å². The van der Waals surface area contributed by atoms with E-state index in [9.17, 15) is 9.59 Å². The largest absolute Gasteiger partial charge is 0.464 e.